The zero-order valence-corrected chi connectivity index (χ0v) is 14.1. The predicted octanol–water partition coefficient (Wildman–Crippen LogP) is 0.645. The van der Waals surface area contributed by atoms with E-state index in [4.69, 9.17) is 4.74 Å². The van der Waals surface area contributed by atoms with E-state index in [1.165, 1.54) is 36.4 Å². The van der Waals surface area contributed by atoms with Crippen molar-refractivity contribution in [2.45, 2.75) is 0 Å². The molecule has 128 valence electrons. The van der Waals surface area contributed by atoms with Crippen molar-refractivity contribution < 1.29 is 23.9 Å². The molecule has 0 aliphatic carbocycles. The topological polar surface area (TPSA) is 112 Å². The number of hydrogen-bond acceptors (Lipinski definition) is 7. The van der Waals surface area contributed by atoms with E-state index in [0.29, 0.717) is 5.00 Å². The minimum Gasteiger partial charge on any atom is -0.479 e. The Bertz CT molecular complexity index is 767. The van der Waals surface area contributed by atoms with Crippen LogP contribution < -0.4 is 15.4 Å². The van der Waals surface area contributed by atoms with Crippen LogP contribution in [0.2, 0.25) is 0 Å². The molecule has 0 spiro atoms. The minimum absolute atomic E-state index is 0.168. The van der Waals surface area contributed by atoms with Crippen molar-refractivity contribution in [3.8, 4) is 5.88 Å². The van der Waals surface area contributed by atoms with Gasteiger partial charge in [0.1, 0.15) is 10.6 Å². The zero-order chi connectivity index (χ0) is 17.7. The van der Waals surface area contributed by atoms with E-state index < -0.39 is 17.8 Å². The van der Waals surface area contributed by atoms with Gasteiger partial charge >= 0.3 is 5.97 Å². The van der Waals surface area contributed by atoms with Crippen molar-refractivity contribution >= 4 is 34.1 Å². The number of carbonyl (C=O) groups excluding carboxylic acids is 3. The maximum atomic E-state index is 12.1. The van der Waals surface area contributed by atoms with Crippen molar-refractivity contribution in [3.63, 3.8) is 0 Å². The quantitative estimate of drug-likeness (QED) is 0.738. The highest BCUT2D eigenvalue weighted by Crippen LogP contribution is 2.23. The lowest BCUT2D eigenvalue weighted by atomic mass is 10.3. The number of rotatable bonds is 6. The first kappa shape index (κ1) is 17.5. The molecular weight excluding hydrogens is 336 g/mol. The first-order chi connectivity index (χ1) is 11.5. The highest BCUT2D eigenvalue weighted by Gasteiger charge is 2.18. The van der Waals surface area contributed by atoms with Crippen molar-refractivity contribution in [1.82, 2.24) is 15.1 Å². The molecule has 2 aromatic rings. The van der Waals surface area contributed by atoms with Gasteiger partial charge in [-0.05, 0) is 11.4 Å². The standard InChI is InChI=1S/C14H16N4O5S/c1-18-7-9(12(17-18)22-2)11(20)15-6-10(19)16-13-8(4-5-24-13)14(21)23-3/h4-5,7H,6H2,1-3H3,(H,15,20)(H,16,19). The molecule has 2 N–H and O–H groups in total. The number of ether oxygens (including phenoxy) is 2. The minimum atomic E-state index is -0.546. The van der Waals surface area contributed by atoms with Crippen molar-refractivity contribution in [2.24, 2.45) is 7.05 Å². The van der Waals surface area contributed by atoms with Gasteiger partial charge in [-0.1, -0.05) is 0 Å². The Kier molecular flexibility index (Phi) is 5.53. The van der Waals surface area contributed by atoms with Gasteiger partial charge < -0.3 is 20.1 Å². The predicted molar refractivity (Wildman–Crippen MR) is 86.4 cm³/mol. The highest BCUT2D eigenvalue weighted by molar-refractivity contribution is 7.14. The first-order valence-corrected chi connectivity index (χ1v) is 7.65. The molecule has 0 bridgehead atoms. The van der Waals surface area contributed by atoms with Gasteiger partial charge in [0.25, 0.3) is 5.91 Å². The molecule has 0 saturated carbocycles. The van der Waals surface area contributed by atoms with Crippen LogP contribution in [0.1, 0.15) is 20.7 Å². The van der Waals surface area contributed by atoms with Gasteiger partial charge in [-0.15, -0.1) is 16.4 Å². The Morgan fingerprint density at radius 2 is 2.04 bits per heavy atom. The smallest absolute Gasteiger partial charge is 0.340 e. The van der Waals surface area contributed by atoms with Gasteiger partial charge in [0.05, 0.1) is 26.3 Å². The molecule has 0 aromatic carbocycles. The average Bonchev–Trinajstić information content (AvgIpc) is 3.18. The Labute approximate surface area is 141 Å². The van der Waals surface area contributed by atoms with Gasteiger partial charge in [0.15, 0.2) is 0 Å². The lowest BCUT2D eigenvalue weighted by Crippen LogP contribution is -2.33. The number of amides is 2. The molecule has 0 saturated heterocycles. The molecular formula is C14H16N4O5S. The summed E-state index contributed by atoms with van der Waals surface area (Å²) in [6.07, 6.45) is 1.49. The van der Waals surface area contributed by atoms with E-state index in [1.54, 1.807) is 18.5 Å². The summed E-state index contributed by atoms with van der Waals surface area (Å²) in [7, 11) is 4.31. The maximum Gasteiger partial charge on any atom is 0.340 e. The van der Waals surface area contributed by atoms with E-state index in [9.17, 15) is 14.4 Å². The second-order valence-corrected chi connectivity index (χ2v) is 5.53. The molecule has 0 unspecified atom stereocenters. The van der Waals surface area contributed by atoms with Crippen molar-refractivity contribution in [2.75, 3.05) is 26.1 Å². The van der Waals surface area contributed by atoms with Gasteiger partial charge in [0.2, 0.25) is 11.8 Å². The number of thiophene rings is 1. The molecule has 2 aromatic heterocycles. The number of carbonyl (C=O) groups is 3. The van der Waals surface area contributed by atoms with Gasteiger partial charge in [-0.25, -0.2) is 4.79 Å². The normalized spacial score (nSPS) is 10.1. The van der Waals surface area contributed by atoms with Gasteiger partial charge in [-0.2, -0.15) is 0 Å². The number of methoxy groups -OCH3 is 2. The van der Waals surface area contributed by atoms with Crippen LogP contribution in [-0.2, 0) is 16.6 Å². The summed E-state index contributed by atoms with van der Waals surface area (Å²) in [6, 6.07) is 1.55. The van der Waals surface area contributed by atoms with Crippen LogP contribution >= 0.6 is 11.3 Å². The van der Waals surface area contributed by atoms with E-state index in [2.05, 4.69) is 20.5 Å². The summed E-state index contributed by atoms with van der Waals surface area (Å²) in [6.45, 7) is -0.268. The number of nitrogens with zero attached hydrogens (tertiary/aromatic N) is 2. The Morgan fingerprint density at radius 1 is 1.29 bits per heavy atom. The molecule has 24 heavy (non-hydrogen) atoms. The number of hydrogen-bond donors (Lipinski definition) is 2. The number of esters is 1. The van der Waals surface area contributed by atoms with Crippen LogP contribution in [0.15, 0.2) is 17.6 Å². The molecule has 2 heterocycles. The monoisotopic (exact) mass is 352 g/mol. The van der Waals surface area contributed by atoms with Crippen LogP contribution in [0.5, 0.6) is 5.88 Å². The molecule has 9 nitrogen and oxygen atoms in total. The summed E-state index contributed by atoms with van der Waals surface area (Å²) in [4.78, 5) is 35.6. The number of anilines is 1. The van der Waals surface area contributed by atoms with E-state index in [-0.39, 0.29) is 23.6 Å². The summed E-state index contributed by atoms with van der Waals surface area (Å²) >= 11 is 1.18. The van der Waals surface area contributed by atoms with Crippen LogP contribution in [0, 0.1) is 0 Å². The number of aromatic nitrogens is 2. The van der Waals surface area contributed by atoms with Gasteiger partial charge in [-0.3, -0.25) is 14.3 Å². The molecule has 0 atom stereocenters. The van der Waals surface area contributed by atoms with Crippen LogP contribution in [-0.4, -0.2) is 48.3 Å². The first-order valence-electron chi connectivity index (χ1n) is 6.77. The molecule has 2 amide bonds. The van der Waals surface area contributed by atoms with E-state index in [1.807, 2.05) is 0 Å². The van der Waals surface area contributed by atoms with Gasteiger partial charge in [0, 0.05) is 13.2 Å². The largest absolute Gasteiger partial charge is 0.479 e. The lowest BCUT2D eigenvalue weighted by Gasteiger charge is -2.07. The molecule has 10 heteroatoms. The fraction of sp³-hybridized carbons (Fsp3) is 0.286. The van der Waals surface area contributed by atoms with E-state index in [0.717, 1.165) is 0 Å². The van der Waals surface area contributed by atoms with Crippen molar-refractivity contribution in [3.05, 3.63) is 28.8 Å². The third-order valence-corrected chi connectivity index (χ3v) is 3.80. The second-order valence-electron chi connectivity index (χ2n) is 4.61. The van der Waals surface area contributed by atoms with Crippen LogP contribution in [0.3, 0.4) is 0 Å². The summed E-state index contributed by atoms with van der Waals surface area (Å²) in [5, 5.41) is 11.0. The molecule has 0 aliphatic rings. The zero-order valence-electron chi connectivity index (χ0n) is 13.3. The molecule has 0 fully saturated rings. The van der Waals surface area contributed by atoms with Crippen molar-refractivity contribution in [1.29, 1.82) is 0 Å². The maximum absolute atomic E-state index is 12.1. The van der Waals surface area contributed by atoms with Crippen LogP contribution in [0.4, 0.5) is 5.00 Å². The lowest BCUT2D eigenvalue weighted by molar-refractivity contribution is -0.115. The Morgan fingerprint density at radius 3 is 2.71 bits per heavy atom. The second kappa shape index (κ2) is 7.59. The number of aryl methyl sites for hydroxylation is 1. The molecule has 0 aliphatic heterocycles. The Hall–Kier alpha value is -2.88. The fourth-order valence-corrected chi connectivity index (χ4v) is 2.67. The third kappa shape index (κ3) is 3.90. The summed E-state index contributed by atoms with van der Waals surface area (Å²) < 4.78 is 11.0. The van der Waals surface area contributed by atoms with Crippen LogP contribution in [0.25, 0.3) is 0 Å². The molecule has 0 radical (unpaired) electrons. The third-order valence-electron chi connectivity index (χ3n) is 2.97. The SMILES string of the molecule is COC(=O)c1ccsc1NC(=O)CNC(=O)c1cn(C)nc1OC. The number of nitrogens with one attached hydrogen (secondary N) is 2. The highest BCUT2D eigenvalue weighted by atomic mass is 32.1. The van der Waals surface area contributed by atoms with E-state index >= 15 is 0 Å². The Balaban J connectivity index is 1.95. The molecule has 2 rings (SSSR count). The summed E-state index contributed by atoms with van der Waals surface area (Å²) in [5.41, 5.74) is 0.482. The average molecular weight is 352 g/mol. The summed E-state index contributed by atoms with van der Waals surface area (Å²) in [5.74, 6) is -1.34. The fourth-order valence-electron chi connectivity index (χ4n) is 1.88.